The second-order valence-electron chi connectivity index (χ2n) is 2.87. The van der Waals surface area contributed by atoms with Crippen LogP contribution in [0.2, 0.25) is 0 Å². The largest absolute Gasteiger partial charge is 0.278 e. The summed E-state index contributed by atoms with van der Waals surface area (Å²) in [5.41, 5.74) is 1.58. The van der Waals surface area contributed by atoms with Crippen molar-refractivity contribution in [3.8, 4) is 0 Å². The molecule has 0 saturated carbocycles. The standard InChI is InChI=1S/C10H14N2O2/c1-4-8-5-6-11-7-9(8)10(13)12(2)14-3/h5-7H,4H2,1-3H3. The molecule has 0 unspecified atom stereocenters. The lowest BCUT2D eigenvalue weighted by Crippen LogP contribution is -2.26. The maximum Gasteiger partial charge on any atom is 0.278 e. The van der Waals surface area contributed by atoms with Crippen LogP contribution in [0.1, 0.15) is 22.8 Å². The summed E-state index contributed by atoms with van der Waals surface area (Å²) in [7, 11) is 3.04. The normalized spacial score (nSPS) is 9.93. The molecule has 0 aromatic carbocycles. The van der Waals surface area contributed by atoms with Gasteiger partial charge in [0, 0.05) is 19.4 Å². The number of nitrogens with zero attached hydrogens (tertiary/aromatic N) is 2. The first-order valence-corrected chi connectivity index (χ1v) is 4.45. The maximum atomic E-state index is 11.7. The van der Waals surface area contributed by atoms with E-state index in [1.807, 2.05) is 13.0 Å². The first-order chi connectivity index (χ1) is 6.70. The van der Waals surface area contributed by atoms with Gasteiger partial charge in [0.2, 0.25) is 0 Å². The van der Waals surface area contributed by atoms with Crippen molar-refractivity contribution in [3.05, 3.63) is 29.6 Å². The molecule has 0 fully saturated rings. The van der Waals surface area contributed by atoms with Gasteiger partial charge in [0.1, 0.15) is 0 Å². The number of hydroxylamine groups is 2. The molecule has 1 aromatic rings. The molecule has 14 heavy (non-hydrogen) atoms. The molecule has 0 bridgehead atoms. The van der Waals surface area contributed by atoms with E-state index in [0.29, 0.717) is 5.56 Å². The Morgan fingerprint density at radius 3 is 2.93 bits per heavy atom. The minimum atomic E-state index is -0.169. The van der Waals surface area contributed by atoms with Gasteiger partial charge < -0.3 is 0 Å². The Labute approximate surface area is 83.5 Å². The lowest BCUT2D eigenvalue weighted by atomic mass is 10.1. The van der Waals surface area contributed by atoms with E-state index in [4.69, 9.17) is 4.84 Å². The van der Waals surface area contributed by atoms with Crippen LogP contribution in [0, 0.1) is 0 Å². The highest BCUT2D eigenvalue weighted by Gasteiger charge is 2.14. The van der Waals surface area contributed by atoms with Gasteiger partial charge in [-0.15, -0.1) is 0 Å². The molecule has 4 nitrogen and oxygen atoms in total. The SMILES string of the molecule is CCc1ccncc1C(=O)N(C)OC. The molecule has 76 valence electrons. The van der Waals surface area contributed by atoms with Crippen molar-refractivity contribution < 1.29 is 9.63 Å². The first kappa shape index (κ1) is 10.7. The summed E-state index contributed by atoms with van der Waals surface area (Å²) in [5.74, 6) is -0.169. The van der Waals surface area contributed by atoms with Crippen molar-refractivity contribution in [1.29, 1.82) is 0 Å². The van der Waals surface area contributed by atoms with Crippen molar-refractivity contribution >= 4 is 5.91 Å². The zero-order chi connectivity index (χ0) is 10.6. The number of carbonyl (C=O) groups excluding carboxylic acids is 1. The number of aromatic nitrogens is 1. The van der Waals surface area contributed by atoms with E-state index in [1.54, 1.807) is 19.4 Å². The highest BCUT2D eigenvalue weighted by Crippen LogP contribution is 2.09. The first-order valence-electron chi connectivity index (χ1n) is 4.45. The molecule has 0 aliphatic heterocycles. The smallest absolute Gasteiger partial charge is 0.274 e. The van der Waals surface area contributed by atoms with E-state index in [2.05, 4.69) is 4.98 Å². The maximum absolute atomic E-state index is 11.7. The van der Waals surface area contributed by atoms with E-state index in [9.17, 15) is 4.79 Å². The summed E-state index contributed by atoms with van der Waals surface area (Å²) in [5, 5.41) is 1.19. The fourth-order valence-electron chi connectivity index (χ4n) is 1.18. The van der Waals surface area contributed by atoms with Gasteiger partial charge in [-0.1, -0.05) is 6.92 Å². The molecule has 0 radical (unpaired) electrons. The van der Waals surface area contributed by atoms with E-state index >= 15 is 0 Å². The van der Waals surface area contributed by atoms with Gasteiger partial charge in [0.25, 0.3) is 5.91 Å². The molecule has 1 rings (SSSR count). The number of rotatable bonds is 3. The average molecular weight is 194 g/mol. The van der Waals surface area contributed by atoms with E-state index in [1.165, 1.54) is 12.2 Å². The molecule has 4 heteroatoms. The van der Waals surface area contributed by atoms with Gasteiger partial charge in [0.15, 0.2) is 0 Å². The van der Waals surface area contributed by atoms with Crippen LogP contribution in [0.15, 0.2) is 18.5 Å². The Kier molecular flexibility index (Phi) is 3.59. The number of carbonyl (C=O) groups is 1. The third-order valence-corrected chi connectivity index (χ3v) is 2.08. The average Bonchev–Trinajstić information content (AvgIpc) is 2.26. The van der Waals surface area contributed by atoms with Crippen LogP contribution >= 0.6 is 0 Å². The molecular weight excluding hydrogens is 180 g/mol. The van der Waals surface area contributed by atoms with Crippen molar-refractivity contribution in [3.63, 3.8) is 0 Å². The van der Waals surface area contributed by atoms with Crippen LogP contribution in [0.25, 0.3) is 0 Å². The minimum absolute atomic E-state index is 0.169. The molecule has 0 aliphatic carbocycles. The molecule has 1 aromatic heterocycles. The van der Waals surface area contributed by atoms with Gasteiger partial charge in [-0.25, -0.2) is 5.06 Å². The van der Waals surface area contributed by atoms with Crippen molar-refractivity contribution in [2.75, 3.05) is 14.2 Å². The van der Waals surface area contributed by atoms with Crippen LogP contribution in [-0.4, -0.2) is 30.1 Å². The molecule has 0 saturated heterocycles. The zero-order valence-electron chi connectivity index (χ0n) is 8.65. The van der Waals surface area contributed by atoms with Gasteiger partial charge >= 0.3 is 0 Å². The predicted molar refractivity (Wildman–Crippen MR) is 52.7 cm³/mol. The topological polar surface area (TPSA) is 42.4 Å². The van der Waals surface area contributed by atoms with Crippen molar-refractivity contribution in [1.82, 2.24) is 10.0 Å². The van der Waals surface area contributed by atoms with Crippen LogP contribution in [0.4, 0.5) is 0 Å². The van der Waals surface area contributed by atoms with Crippen LogP contribution in [0.5, 0.6) is 0 Å². The Morgan fingerprint density at radius 2 is 2.36 bits per heavy atom. The number of pyridine rings is 1. The lowest BCUT2D eigenvalue weighted by molar-refractivity contribution is -0.0757. The fourth-order valence-corrected chi connectivity index (χ4v) is 1.18. The number of hydrogen-bond acceptors (Lipinski definition) is 3. The third kappa shape index (κ3) is 2.09. The summed E-state index contributed by atoms with van der Waals surface area (Å²) in [6, 6.07) is 1.84. The summed E-state index contributed by atoms with van der Waals surface area (Å²) < 4.78 is 0. The monoisotopic (exact) mass is 194 g/mol. The highest BCUT2D eigenvalue weighted by molar-refractivity contribution is 5.94. The highest BCUT2D eigenvalue weighted by atomic mass is 16.7. The summed E-state index contributed by atoms with van der Waals surface area (Å²) >= 11 is 0. The van der Waals surface area contributed by atoms with Gasteiger partial charge in [-0.3, -0.25) is 14.6 Å². The number of hydrogen-bond donors (Lipinski definition) is 0. The van der Waals surface area contributed by atoms with E-state index < -0.39 is 0 Å². The molecule has 1 heterocycles. The second kappa shape index (κ2) is 4.72. The van der Waals surface area contributed by atoms with Gasteiger partial charge in [0.05, 0.1) is 12.7 Å². The molecule has 0 N–H and O–H groups in total. The Bertz CT molecular complexity index is 326. The fraction of sp³-hybridized carbons (Fsp3) is 0.400. The van der Waals surface area contributed by atoms with Gasteiger partial charge in [-0.2, -0.15) is 0 Å². The Hall–Kier alpha value is -1.42. The minimum Gasteiger partial charge on any atom is -0.274 e. The van der Waals surface area contributed by atoms with Crippen molar-refractivity contribution in [2.45, 2.75) is 13.3 Å². The second-order valence-corrected chi connectivity index (χ2v) is 2.87. The van der Waals surface area contributed by atoms with Crippen LogP contribution in [-0.2, 0) is 11.3 Å². The van der Waals surface area contributed by atoms with E-state index in [0.717, 1.165) is 12.0 Å². The third-order valence-electron chi connectivity index (χ3n) is 2.08. The molecule has 0 spiro atoms. The van der Waals surface area contributed by atoms with Gasteiger partial charge in [-0.05, 0) is 18.1 Å². The molecule has 0 aliphatic rings. The zero-order valence-corrected chi connectivity index (χ0v) is 8.65. The van der Waals surface area contributed by atoms with E-state index in [-0.39, 0.29) is 5.91 Å². The van der Waals surface area contributed by atoms with Crippen LogP contribution < -0.4 is 0 Å². The summed E-state index contributed by atoms with van der Waals surface area (Å²) in [6.07, 6.45) is 4.06. The predicted octanol–water partition coefficient (Wildman–Crippen LogP) is 1.28. The molecule has 0 atom stereocenters. The summed E-state index contributed by atoms with van der Waals surface area (Å²) in [6.45, 7) is 2.00. The lowest BCUT2D eigenvalue weighted by Gasteiger charge is -2.15. The number of amides is 1. The molecular formula is C10H14N2O2. The Morgan fingerprint density at radius 1 is 1.64 bits per heavy atom. The Balaban J connectivity index is 3.00. The number of aryl methyl sites for hydroxylation is 1. The summed E-state index contributed by atoms with van der Waals surface area (Å²) in [4.78, 5) is 20.5. The quantitative estimate of drug-likeness (QED) is 0.681. The van der Waals surface area contributed by atoms with Crippen LogP contribution in [0.3, 0.4) is 0 Å². The molecule has 1 amide bonds. The van der Waals surface area contributed by atoms with Crippen molar-refractivity contribution in [2.24, 2.45) is 0 Å².